The van der Waals surface area contributed by atoms with E-state index in [1.165, 1.54) is 96.3 Å². The maximum absolute atomic E-state index is 6.33. The van der Waals surface area contributed by atoms with Gasteiger partial charge in [-0.05, 0) is 45.1 Å². The van der Waals surface area contributed by atoms with Crippen LogP contribution in [0, 0.1) is 0 Å². The monoisotopic (exact) mass is 336 g/mol. The molecule has 0 spiro atoms. The van der Waals surface area contributed by atoms with E-state index in [1.54, 1.807) is 5.57 Å². The molecular formula is C23H44O. The zero-order chi connectivity index (χ0) is 17.7. The van der Waals surface area contributed by atoms with Crippen molar-refractivity contribution in [2.75, 3.05) is 0 Å². The van der Waals surface area contributed by atoms with Gasteiger partial charge in [0, 0.05) is 0 Å². The van der Waals surface area contributed by atoms with Crippen LogP contribution in [-0.4, -0.2) is 11.7 Å². The van der Waals surface area contributed by atoms with Crippen molar-refractivity contribution >= 4 is 0 Å². The summed E-state index contributed by atoms with van der Waals surface area (Å²) in [7, 11) is 0. The third-order valence-corrected chi connectivity index (χ3v) is 5.51. The molecule has 0 saturated carbocycles. The van der Waals surface area contributed by atoms with E-state index in [0.717, 1.165) is 0 Å². The molecule has 142 valence electrons. The molecule has 1 unspecified atom stereocenters. The van der Waals surface area contributed by atoms with Gasteiger partial charge in [0.1, 0.15) is 0 Å². The SMILES string of the molecule is CCCCCCCC/C=C1\CC(CCCCCCCC)OC1(C)C. The van der Waals surface area contributed by atoms with Crippen LogP contribution in [0.1, 0.15) is 124 Å². The predicted molar refractivity (Wildman–Crippen MR) is 108 cm³/mol. The summed E-state index contributed by atoms with van der Waals surface area (Å²) in [5, 5.41) is 0. The topological polar surface area (TPSA) is 9.23 Å². The Morgan fingerprint density at radius 2 is 1.38 bits per heavy atom. The predicted octanol–water partition coefficient (Wildman–Crippen LogP) is 7.98. The first-order valence-corrected chi connectivity index (χ1v) is 11.0. The molecule has 0 N–H and O–H groups in total. The zero-order valence-corrected chi connectivity index (χ0v) is 17.2. The van der Waals surface area contributed by atoms with E-state index in [-0.39, 0.29) is 5.60 Å². The van der Waals surface area contributed by atoms with Crippen molar-refractivity contribution in [3.05, 3.63) is 11.6 Å². The normalized spacial score (nSPS) is 21.7. The summed E-state index contributed by atoms with van der Waals surface area (Å²) in [6.45, 7) is 9.10. The second-order valence-electron chi connectivity index (χ2n) is 8.30. The van der Waals surface area contributed by atoms with E-state index < -0.39 is 0 Å². The van der Waals surface area contributed by atoms with Crippen LogP contribution in [0.15, 0.2) is 11.6 Å². The fourth-order valence-electron chi connectivity index (χ4n) is 3.87. The number of hydrogen-bond donors (Lipinski definition) is 0. The van der Waals surface area contributed by atoms with Gasteiger partial charge >= 0.3 is 0 Å². The number of rotatable bonds is 14. The Bertz CT molecular complexity index is 329. The van der Waals surface area contributed by atoms with Gasteiger partial charge in [-0.25, -0.2) is 0 Å². The van der Waals surface area contributed by atoms with E-state index in [1.807, 2.05) is 0 Å². The Kier molecular flexibility index (Phi) is 11.8. The smallest absolute Gasteiger partial charge is 0.0840 e. The number of hydrogen-bond acceptors (Lipinski definition) is 1. The van der Waals surface area contributed by atoms with Gasteiger partial charge in [-0.15, -0.1) is 0 Å². The molecule has 1 saturated heterocycles. The second kappa shape index (κ2) is 13.0. The molecule has 24 heavy (non-hydrogen) atoms. The minimum Gasteiger partial charge on any atom is -0.368 e. The van der Waals surface area contributed by atoms with Gasteiger partial charge in [-0.3, -0.25) is 0 Å². The van der Waals surface area contributed by atoms with Crippen molar-refractivity contribution in [2.45, 2.75) is 136 Å². The molecule has 0 amide bonds. The van der Waals surface area contributed by atoms with Crippen molar-refractivity contribution in [1.82, 2.24) is 0 Å². The first-order chi connectivity index (χ1) is 11.6. The van der Waals surface area contributed by atoms with Crippen LogP contribution < -0.4 is 0 Å². The molecule has 1 atom stereocenters. The lowest BCUT2D eigenvalue weighted by Crippen LogP contribution is -2.21. The van der Waals surface area contributed by atoms with Crippen LogP contribution in [-0.2, 0) is 4.74 Å². The molecule has 0 radical (unpaired) electrons. The van der Waals surface area contributed by atoms with Gasteiger partial charge in [0.2, 0.25) is 0 Å². The molecule has 1 aliphatic rings. The summed E-state index contributed by atoms with van der Waals surface area (Å²) in [6.07, 6.45) is 23.3. The molecule has 1 aliphatic heterocycles. The quantitative estimate of drug-likeness (QED) is 0.231. The molecule has 1 nitrogen and oxygen atoms in total. The molecule has 0 aromatic carbocycles. The van der Waals surface area contributed by atoms with Crippen molar-refractivity contribution < 1.29 is 4.74 Å². The number of allylic oxidation sites excluding steroid dienone is 1. The highest BCUT2D eigenvalue weighted by molar-refractivity contribution is 5.19. The number of unbranched alkanes of at least 4 members (excludes halogenated alkanes) is 11. The van der Waals surface area contributed by atoms with Crippen LogP contribution in [0.2, 0.25) is 0 Å². The Labute approximate surface area is 152 Å². The summed E-state index contributed by atoms with van der Waals surface area (Å²) < 4.78 is 6.33. The van der Waals surface area contributed by atoms with Crippen LogP contribution in [0.3, 0.4) is 0 Å². The van der Waals surface area contributed by atoms with Gasteiger partial charge in [-0.2, -0.15) is 0 Å². The molecule has 1 heteroatoms. The van der Waals surface area contributed by atoms with Crippen molar-refractivity contribution in [1.29, 1.82) is 0 Å². The lowest BCUT2D eigenvalue weighted by molar-refractivity contribution is -0.00786. The van der Waals surface area contributed by atoms with E-state index in [0.29, 0.717) is 6.10 Å². The van der Waals surface area contributed by atoms with Gasteiger partial charge in [0.25, 0.3) is 0 Å². The van der Waals surface area contributed by atoms with Crippen LogP contribution >= 0.6 is 0 Å². The third-order valence-electron chi connectivity index (χ3n) is 5.51. The van der Waals surface area contributed by atoms with E-state index in [9.17, 15) is 0 Å². The molecular weight excluding hydrogens is 292 g/mol. The molecule has 1 rings (SSSR count). The fourth-order valence-corrected chi connectivity index (χ4v) is 3.87. The van der Waals surface area contributed by atoms with Crippen molar-refractivity contribution in [3.63, 3.8) is 0 Å². The standard InChI is InChI=1S/C23H44O/c1-5-7-9-11-13-14-16-18-21-20-22(24-23(21,3)4)19-17-15-12-10-8-6-2/h18,22H,5-17,19-20H2,1-4H3/b21-18+. The molecule has 0 aliphatic carbocycles. The maximum Gasteiger partial charge on any atom is 0.0840 e. The highest BCUT2D eigenvalue weighted by atomic mass is 16.5. The van der Waals surface area contributed by atoms with Crippen LogP contribution in [0.4, 0.5) is 0 Å². The first kappa shape index (κ1) is 21.7. The van der Waals surface area contributed by atoms with Crippen LogP contribution in [0.5, 0.6) is 0 Å². The third kappa shape index (κ3) is 9.25. The van der Waals surface area contributed by atoms with Gasteiger partial charge in [0.15, 0.2) is 0 Å². The van der Waals surface area contributed by atoms with E-state index in [2.05, 4.69) is 33.8 Å². The lowest BCUT2D eigenvalue weighted by Gasteiger charge is -2.21. The maximum atomic E-state index is 6.33. The molecule has 1 heterocycles. The molecule has 0 aromatic heterocycles. The van der Waals surface area contributed by atoms with E-state index in [4.69, 9.17) is 4.74 Å². The van der Waals surface area contributed by atoms with E-state index >= 15 is 0 Å². The highest BCUT2D eigenvalue weighted by Crippen LogP contribution is 2.37. The largest absolute Gasteiger partial charge is 0.368 e. The van der Waals surface area contributed by atoms with Gasteiger partial charge in [0.05, 0.1) is 11.7 Å². The Hall–Kier alpha value is -0.300. The Balaban J connectivity index is 2.17. The summed E-state index contributed by atoms with van der Waals surface area (Å²) >= 11 is 0. The lowest BCUT2D eigenvalue weighted by atomic mass is 9.94. The summed E-state index contributed by atoms with van der Waals surface area (Å²) in [5.74, 6) is 0. The number of ether oxygens (including phenoxy) is 1. The minimum absolute atomic E-state index is 0.0188. The Morgan fingerprint density at radius 3 is 2.00 bits per heavy atom. The molecule has 0 bridgehead atoms. The molecule has 1 fully saturated rings. The highest BCUT2D eigenvalue weighted by Gasteiger charge is 2.35. The van der Waals surface area contributed by atoms with Crippen molar-refractivity contribution in [3.8, 4) is 0 Å². The minimum atomic E-state index is -0.0188. The fraction of sp³-hybridized carbons (Fsp3) is 0.913. The summed E-state index contributed by atoms with van der Waals surface area (Å²) in [4.78, 5) is 0. The summed E-state index contributed by atoms with van der Waals surface area (Å²) in [5.41, 5.74) is 1.54. The van der Waals surface area contributed by atoms with Gasteiger partial charge in [-0.1, -0.05) is 90.6 Å². The Morgan fingerprint density at radius 1 is 0.833 bits per heavy atom. The zero-order valence-electron chi connectivity index (χ0n) is 17.2. The average molecular weight is 337 g/mol. The van der Waals surface area contributed by atoms with Crippen LogP contribution in [0.25, 0.3) is 0 Å². The second-order valence-corrected chi connectivity index (χ2v) is 8.30. The molecule has 0 aromatic rings. The summed E-state index contributed by atoms with van der Waals surface area (Å²) in [6, 6.07) is 0. The van der Waals surface area contributed by atoms with Gasteiger partial charge < -0.3 is 4.74 Å². The average Bonchev–Trinajstić information content (AvgIpc) is 2.84. The van der Waals surface area contributed by atoms with Crippen molar-refractivity contribution in [2.24, 2.45) is 0 Å². The first-order valence-electron chi connectivity index (χ1n) is 11.0.